The van der Waals surface area contributed by atoms with Crippen LogP contribution in [-0.4, -0.2) is 34.3 Å². The van der Waals surface area contributed by atoms with E-state index in [9.17, 15) is 0 Å². The van der Waals surface area contributed by atoms with Crippen LogP contribution in [-0.2, 0) is 7.05 Å². The molecule has 4 nitrogen and oxygen atoms in total. The van der Waals surface area contributed by atoms with E-state index >= 15 is 0 Å². The molecule has 2 rings (SSSR count). The molecule has 2 N–H and O–H groups in total. The first-order valence-electron chi connectivity index (χ1n) is 6.93. The van der Waals surface area contributed by atoms with Gasteiger partial charge in [-0.1, -0.05) is 13.8 Å². The van der Waals surface area contributed by atoms with Crippen LogP contribution in [0.1, 0.15) is 44.7 Å². The van der Waals surface area contributed by atoms with E-state index in [1.807, 2.05) is 24.1 Å². The van der Waals surface area contributed by atoms with Crippen LogP contribution in [0.5, 0.6) is 0 Å². The van der Waals surface area contributed by atoms with Crippen LogP contribution in [0, 0.1) is 5.41 Å². The Morgan fingerprint density at radius 3 is 2.83 bits per heavy atom. The third-order valence-electron chi connectivity index (χ3n) is 4.04. The lowest BCUT2D eigenvalue weighted by molar-refractivity contribution is 0.250. The van der Waals surface area contributed by atoms with Crippen molar-refractivity contribution in [3.8, 4) is 0 Å². The van der Waals surface area contributed by atoms with Gasteiger partial charge in [-0.15, -0.1) is 0 Å². The molecular formula is C14H26N4. The fraction of sp³-hybridized carbons (Fsp3) is 0.786. The highest BCUT2D eigenvalue weighted by atomic mass is 15.2. The van der Waals surface area contributed by atoms with Crippen LogP contribution in [0.4, 0.5) is 0 Å². The number of aryl methyl sites for hydroxylation is 1. The minimum atomic E-state index is 0.0833. The lowest BCUT2D eigenvalue weighted by atomic mass is 9.85. The first-order chi connectivity index (χ1) is 8.46. The molecule has 1 aliphatic rings. The van der Waals surface area contributed by atoms with Gasteiger partial charge in [-0.2, -0.15) is 5.10 Å². The summed E-state index contributed by atoms with van der Waals surface area (Å²) >= 11 is 0. The number of nitrogens with two attached hydrogens (primary N) is 1. The van der Waals surface area contributed by atoms with Crippen molar-refractivity contribution in [2.24, 2.45) is 18.2 Å². The second-order valence-corrected chi connectivity index (χ2v) is 6.37. The number of aromatic nitrogens is 2. The molecule has 1 atom stereocenters. The fourth-order valence-corrected chi connectivity index (χ4v) is 2.68. The third-order valence-corrected chi connectivity index (χ3v) is 4.04. The highest BCUT2D eigenvalue weighted by molar-refractivity contribution is 5.10. The van der Waals surface area contributed by atoms with Gasteiger partial charge in [0.1, 0.15) is 0 Å². The molecule has 0 amide bonds. The molecule has 0 aromatic carbocycles. The van der Waals surface area contributed by atoms with Crippen molar-refractivity contribution in [1.29, 1.82) is 0 Å². The highest BCUT2D eigenvalue weighted by Crippen LogP contribution is 2.30. The summed E-state index contributed by atoms with van der Waals surface area (Å²) in [5.41, 5.74) is 7.90. The lowest BCUT2D eigenvalue weighted by Gasteiger charge is -2.25. The molecule has 0 bridgehead atoms. The van der Waals surface area contributed by atoms with E-state index in [0.29, 0.717) is 5.41 Å². The van der Waals surface area contributed by atoms with Gasteiger partial charge in [0, 0.05) is 31.4 Å². The van der Waals surface area contributed by atoms with Crippen LogP contribution in [0.2, 0.25) is 0 Å². The van der Waals surface area contributed by atoms with Gasteiger partial charge in [0.2, 0.25) is 0 Å². The molecule has 1 aromatic rings. The number of hydrogen-bond acceptors (Lipinski definition) is 3. The van der Waals surface area contributed by atoms with Gasteiger partial charge in [0.15, 0.2) is 0 Å². The molecule has 1 aromatic heterocycles. The zero-order valence-electron chi connectivity index (χ0n) is 11.9. The van der Waals surface area contributed by atoms with Gasteiger partial charge in [-0.05, 0) is 37.8 Å². The first-order valence-corrected chi connectivity index (χ1v) is 6.93. The molecule has 1 unspecified atom stereocenters. The molecule has 0 spiro atoms. The fourth-order valence-electron chi connectivity index (χ4n) is 2.68. The second kappa shape index (κ2) is 5.41. The Bertz CT molecular complexity index is 383. The molecule has 1 aliphatic heterocycles. The first kappa shape index (κ1) is 13.6. The van der Waals surface area contributed by atoms with Crippen LogP contribution in [0.15, 0.2) is 12.4 Å². The van der Waals surface area contributed by atoms with Crippen molar-refractivity contribution in [3.63, 3.8) is 0 Å². The average molecular weight is 250 g/mol. The van der Waals surface area contributed by atoms with Gasteiger partial charge in [-0.3, -0.25) is 4.68 Å². The third kappa shape index (κ3) is 3.56. The molecule has 0 radical (unpaired) electrons. The normalized spacial score (nSPS) is 22.7. The molecule has 1 fully saturated rings. The smallest absolute Gasteiger partial charge is 0.0537 e. The summed E-state index contributed by atoms with van der Waals surface area (Å²) in [7, 11) is 1.94. The Balaban J connectivity index is 1.89. The molecular weight excluding hydrogens is 224 g/mol. The monoisotopic (exact) mass is 250 g/mol. The van der Waals surface area contributed by atoms with Crippen molar-refractivity contribution in [2.75, 3.05) is 19.6 Å². The standard InChI is InChI=1S/C14H26N4/c1-14(2)5-4-7-18(8-6-14)11-13(15)12-9-16-17(3)10-12/h9-10,13H,4-8,11,15H2,1-3H3. The summed E-state index contributed by atoms with van der Waals surface area (Å²) in [6.07, 6.45) is 7.78. The van der Waals surface area contributed by atoms with Gasteiger partial charge in [0.05, 0.1) is 6.20 Å². The molecule has 18 heavy (non-hydrogen) atoms. The van der Waals surface area contributed by atoms with E-state index in [2.05, 4.69) is 23.8 Å². The Morgan fingerprint density at radius 2 is 2.17 bits per heavy atom. The van der Waals surface area contributed by atoms with Crippen LogP contribution >= 0.6 is 0 Å². The van der Waals surface area contributed by atoms with Crippen molar-refractivity contribution >= 4 is 0 Å². The van der Waals surface area contributed by atoms with E-state index in [-0.39, 0.29) is 6.04 Å². The molecule has 1 saturated heterocycles. The van der Waals surface area contributed by atoms with E-state index in [4.69, 9.17) is 5.73 Å². The lowest BCUT2D eigenvalue weighted by Crippen LogP contribution is -2.33. The van der Waals surface area contributed by atoms with Gasteiger partial charge in [-0.25, -0.2) is 0 Å². The van der Waals surface area contributed by atoms with Crippen molar-refractivity contribution in [1.82, 2.24) is 14.7 Å². The largest absolute Gasteiger partial charge is 0.323 e. The van der Waals surface area contributed by atoms with Gasteiger partial charge in [0.25, 0.3) is 0 Å². The number of likely N-dealkylation sites (tertiary alicyclic amines) is 1. The minimum Gasteiger partial charge on any atom is -0.323 e. The molecule has 2 heterocycles. The molecule has 102 valence electrons. The molecule has 0 saturated carbocycles. The average Bonchev–Trinajstić information content (AvgIpc) is 2.65. The van der Waals surface area contributed by atoms with Crippen LogP contribution in [0.3, 0.4) is 0 Å². The van der Waals surface area contributed by atoms with E-state index in [1.165, 1.54) is 32.4 Å². The highest BCUT2D eigenvalue weighted by Gasteiger charge is 2.24. The Kier molecular flexibility index (Phi) is 4.07. The Morgan fingerprint density at radius 1 is 1.39 bits per heavy atom. The van der Waals surface area contributed by atoms with E-state index in [0.717, 1.165) is 12.1 Å². The summed E-state index contributed by atoms with van der Waals surface area (Å²) in [4.78, 5) is 2.51. The summed E-state index contributed by atoms with van der Waals surface area (Å²) in [5, 5.41) is 4.19. The summed E-state index contributed by atoms with van der Waals surface area (Å²) in [6, 6.07) is 0.0833. The summed E-state index contributed by atoms with van der Waals surface area (Å²) in [5.74, 6) is 0. The molecule has 4 heteroatoms. The second-order valence-electron chi connectivity index (χ2n) is 6.37. The maximum absolute atomic E-state index is 6.26. The Labute approximate surface area is 110 Å². The van der Waals surface area contributed by atoms with Crippen molar-refractivity contribution in [2.45, 2.75) is 39.2 Å². The zero-order valence-corrected chi connectivity index (χ0v) is 11.9. The number of hydrogen-bond donors (Lipinski definition) is 1. The predicted octanol–water partition coefficient (Wildman–Crippen LogP) is 1.93. The quantitative estimate of drug-likeness (QED) is 0.891. The summed E-state index contributed by atoms with van der Waals surface area (Å²) < 4.78 is 1.82. The van der Waals surface area contributed by atoms with Crippen LogP contribution in [0.25, 0.3) is 0 Å². The maximum Gasteiger partial charge on any atom is 0.0537 e. The van der Waals surface area contributed by atoms with E-state index < -0.39 is 0 Å². The van der Waals surface area contributed by atoms with E-state index in [1.54, 1.807) is 0 Å². The van der Waals surface area contributed by atoms with Crippen LogP contribution < -0.4 is 5.73 Å². The SMILES string of the molecule is Cn1cc(C(N)CN2CCCC(C)(C)CC2)cn1. The number of rotatable bonds is 3. The Hall–Kier alpha value is -0.870. The van der Waals surface area contributed by atoms with Gasteiger partial charge < -0.3 is 10.6 Å². The summed E-state index contributed by atoms with van der Waals surface area (Å²) in [6.45, 7) is 8.04. The topological polar surface area (TPSA) is 47.1 Å². The van der Waals surface area contributed by atoms with Gasteiger partial charge >= 0.3 is 0 Å². The molecule has 0 aliphatic carbocycles. The maximum atomic E-state index is 6.26. The minimum absolute atomic E-state index is 0.0833. The van der Waals surface area contributed by atoms with Crippen molar-refractivity contribution < 1.29 is 0 Å². The number of nitrogens with zero attached hydrogens (tertiary/aromatic N) is 3. The zero-order chi connectivity index (χ0) is 13.2. The van der Waals surface area contributed by atoms with Crippen molar-refractivity contribution in [3.05, 3.63) is 18.0 Å². The predicted molar refractivity (Wildman–Crippen MR) is 74.2 cm³/mol.